The number of fused-ring (bicyclic) bond motifs is 12. The molecule has 0 saturated carbocycles. The molecule has 0 bridgehead atoms. The maximum Gasteiger partial charge on any atom is 0.164 e. The van der Waals surface area contributed by atoms with E-state index in [0.717, 1.165) is 22.3 Å². The van der Waals surface area contributed by atoms with Crippen molar-refractivity contribution < 1.29 is 0 Å². The Morgan fingerprint density at radius 3 is 1.31 bits per heavy atom. The summed E-state index contributed by atoms with van der Waals surface area (Å²) >= 11 is 0. The summed E-state index contributed by atoms with van der Waals surface area (Å²) in [5.74, 6) is 1.93. The van der Waals surface area contributed by atoms with Crippen LogP contribution in [0.3, 0.4) is 0 Å². The second-order valence-corrected chi connectivity index (χ2v) is 16.6. The van der Waals surface area contributed by atoms with Gasteiger partial charge >= 0.3 is 0 Å². The lowest BCUT2D eigenvalue weighted by Crippen LogP contribution is -2.43. The average Bonchev–Trinajstić information content (AvgIpc) is 3.83. The van der Waals surface area contributed by atoms with Crippen LogP contribution < -0.4 is 0 Å². The highest BCUT2D eigenvalue weighted by Gasteiger charge is 2.59. The Bertz CT molecular complexity index is 3400. The lowest BCUT2D eigenvalue weighted by atomic mass is 9.52. The van der Waals surface area contributed by atoms with Crippen LogP contribution in [0.15, 0.2) is 224 Å². The molecule has 9 aromatic carbocycles. The van der Waals surface area contributed by atoms with Crippen molar-refractivity contribution >= 4 is 0 Å². The van der Waals surface area contributed by atoms with E-state index in [1.165, 1.54) is 72.3 Å². The summed E-state index contributed by atoms with van der Waals surface area (Å²) in [5, 5.41) is 0. The minimum Gasteiger partial charge on any atom is -0.208 e. The Morgan fingerprint density at radius 1 is 0.242 bits per heavy atom. The van der Waals surface area contributed by atoms with E-state index in [-0.39, 0.29) is 0 Å². The zero-order valence-corrected chi connectivity index (χ0v) is 33.7. The van der Waals surface area contributed by atoms with Crippen molar-refractivity contribution in [3.05, 3.63) is 269 Å². The summed E-state index contributed by atoms with van der Waals surface area (Å²) < 4.78 is 0. The topological polar surface area (TPSA) is 38.7 Å². The van der Waals surface area contributed by atoms with Crippen LogP contribution in [0.4, 0.5) is 0 Å². The smallest absolute Gasteiger partial charge is 0.164 e. The van der Waals surface area contributed by atoms with Gasteiger partial charge in [-0.3, -0.25) is 0 Å². The van der Waals surface area contributed by atoms with Crippen molar-refractivity contribution in [2.75, 3.05) is 0 Å². The molecule has 0 N–H and O–H groups in total. The van der Waals surface area contributed by atoms with Crippen LogP contribution in [0.25, 0.3) is 67.5 Å². The Labute approximate surface area is 360 Å². The predicted octanol–water partition coefficient (Wildman–Crippen LogP) is 13.6. The van der Waals surface area contributed by atoms with Gasteiger partial charge in [-0.2, -0.15) is 0 Å². The van der Waals surface area contributed by atoms with E-state index in [1.807, 2.05) is 24.3 Å². The molecule has 3 aliphatic rings. The van der Waals surface area contributed by atoms with Crippen LogP contribution in [0.1, 0.15) is 44.5 Å². The van der Waals surface area contributed by atoms with Crippen molar-refractivity contribution in [1.82, 2.24) is 15.0 Å². The number of hydrogen-bond donors (Lipinski definition) is 0. The zero-order valence-electron chi connectivity index (χ0n) is 33.7. The molecule has 0 amide bonds. The molecule has 2 unspecified atom stereocenters. The first-order valence-corrected chi connectivity index (χ1v) is 21.4. The molecule has 10 aromatic rings. The summed E-state index contributed by atoms with van der Waals surface area (Å²) in [5.41, 5.74) is 19.7. The van der Waals surface area contributed by atoms with E-state index in [0.29, 0.717) is 17.5 Å². The number of benzene rings is 9. The molecule has 3 heteroatoms. The van der Waals surface area contributed by atoms with Crippen molar-refractivity contribution in [2.45, 2.75) is 10.8 Å². The summed E-state index contributed by atoms with van der Waals surface area (Å²) in [6.45, 7) is 0. The van der Waals surface area contributed by atoms with E-state index in [2.05, 4.69) is 200 Å². The van der Waals surface area contributed by atoms with E-state index in [9.17, 15) is 0 Å². The Hall–Kier alpha value is -8.01. The van der Waals surface area contributed by atoms with Crippen LogP contribution in [-0.2, 0) is 10.8 Å². The molecule has 1 heterocycles. The van der Waals surface area contributed by atoms with Gasteiger partial charge in [0.2, 0.25) is 0 Å². The molecule has 0 radical (unpaired) electrons. The Balaban J connectivity index is 1.04. The third-order valence-electron chi connectivity index (χ3n) is 13.6. The number of hydrogen-bond acceptors (Lipinski definition) is 3. The van der Waals surface area contributed by atoms with Crippen LogP contribution in [0, 0.1) is 0 Å². The highest BCUT2D eigenvalue weighted by Crippen LogP contribution is 2.68. The molecule has 2 atom stereocenters. The van der Waals surface area contributed by atoms with Gasteiger partial charge in [-0.15, -0.1) is 0 Å². The van der Waals surface area contributed by atoms with Crippen LogP contribution in [0.5, 0.6) is 0 Å². The maximum absolute atomic E-state index is 5.23. The first-order valence-electron chi connectivity index (χ1n) is 21.4. The van der Waals surface area contributed by atoms with Gasteiger partial charge in [-0.25, -0.2) is 15.0 Å². The maximum atomic E-state index is 5.23. The van der Waals surface area contributed by atoms with E-state index >= 15 is 0 Å². The zero-order chi connectivity index (χ0) is 40.8. The fraction of sp³-hybridized carbons (Fsp3) is 0.0339. The van der Waals surface area contributed by atoms with E-state index in [4.69, 9.17) is 15.0 Å². The predicted molar refractivity (Wildman–Crippen MR) is 250 cm³/mol. The second kappa shape index (κ2) is 13.2. The van der Waals surface area contributed by atoms with Crippen molar-refractivity contribution in [3.8, 4) is 67.5 Å². The largest absolute Gasteiger partial charge is 0.208 e. The fourth-order valence-corrected chi connectivity index (χ4v) is 11.2. The van der Waals surface area contributed by atoms with Gasteiger partial charge in [0.1, 0.15) is 0 Å². The van der Waals surface area contributed by atoms with Gasteiger partial charge in [-0.1, -0.05) is 218 Å². The molecule has 0 saturated heterocycles. The third-order valence-corrected chi connectivity index (χ3v) is 13.6. The lowest BCUT2D eigenvalue weighted by Gasteiger charge is -2.48. The molecule has 1 spiro atoms. The molecular formula is C59H37N3. The monoisotopic (exact) mass is 787 g/mol. The standard InChI is InChI=1S/C59H37N3/c1-4-17-38(18-5-1)39-31-33-41(34-32-39)56-60-55(40-19-6-2-7-20-40)61-57(62-56)42-35-36-50-47(37-42)45-24-11-13-27-49(45)59(50)52-29-15-14-28-51(52)58(43-21-8-3-9-22-43)48-26-12-10-23-44(48)46-25-16-30-53(59)54(46)58/h1-37H. The minimum absolute atomic E-state index is 0.475. The van der Waals surface area contributed by atoms with E-state index in [1.54, 1.807) is 0 Å². The molecule has 288 valence electrons. The number of aromatic nitrogens is 3. The van der Waals surface area contributed by atoms with Crippen molar-refractivity contribution in [3.63, 3.8) is 0 Å². The van der Waals surface area contributed by atoms with Gasteiger partial charge in [0, 0.05) is 16.7 Å². The van der Waals surface area contributed by atoms with Crippen LogP contribution in [0.2, 0.25) is 0 Å². The molecule has 62 heavy (non-hydrogen) atoms. The number of nitrogens with zero attached hydrogens (tertiary/aromatic N) is 3. The second-order valence-electron chi connectivity index (χ2n) is 16.6. The molecule has 0 fully saturated rings. The molecule has 3 aliphatic carbocycles. The molecule has 3 nitrogen and oxygen atoms in total. The minimum atomic E-state index is -0.563. The molecule has 0 aliphatic heterocycles. The summed E-state index contributed by atoms with van der Waals surface area (Å²) in [7, 11) is 0. The molecule has 1 aromatic heterocycles. The summed E-state index contributed by atoms with van der Waals surface area (Å²) in [6.07, 6.45) is 0. The van der Waals surface area contributed by atoms with Gasteiger partial charge < -0.3 is 0 Å². The van der Waals surface area contributed by atoms with Crippen molar-refractivity contribution in [2.24, 2.45) is 0 Å². The fourth-order valence-electron chi connectivity index (χ4n) is 11.2. The average molecular weight is 788 g/mol. The van der Waals surface area contributed by atoms with Gasteiger partial charge in [0.25, 0.3) is 0 Å². The Kier molecular flexibility index (Phi) is 7.44. The van der Waals surface area contributed by atoms with Gasteiger partial charge in [0.05, 0.1) is 10.8 Å². The molecular weight excluding hydrogens is 751 g/mol. The summed E-state index contributed by atoms with van der Waals surface area (Å²) in [6, 6.07) is 81.7. The van der Waals surface area contributed by atoms with Gasteiger partial charge in [0.15, 0.2) is 17.5 Å². The SMILES string of the molecule is c1ccc(-c2ccc(-c3nc(-c4ccccc4)nc(-c4ccc5c(c4)-c4ccccc4C54c5ccccc5C5(c6ccccc6)c6ccccc6-c6cccc4c65)n3)cc2)cc1. The van der Waals surface area contributed by atoms with Crippen LogP contribution in [-0.4, -0.2) is 15.0 Å². The van der Waals surface area contributed by atoms with Crippen LogP contribution >= 0.6 is 0 Å². The quantitative estimate of drug-likeness (QED) is 0.174. The van der Waals surface area contributed by atoms with E-state index < -0.39 is 10.8 Å². The highest BCUT2D eigenvalue weighted by atomic mass is 15.0. The molecule has 13 rings (SSSR count). The highest BCUT2D eigenvalue weighted by molar-refractivity contribution is 5.96. The lowest BCUT2D eigenvalue weighted by molar-refractivity contribution is 0.636. The normalized spacial score (nSPS) is 17.2. The van der Waals surface area contributed by atoms with Crippen molar-refractivity contribution in [1.29, 1.82) is 0 Å². The third kappa shape index (κ3) is 4.68. The first kappa shape index (κ1) is 34.8. The summed E-state index contributed by atoms with van der Waals surface area (Å²) in [4.78, 5) is 15.5. The number of rotatable bonds is 5. The van der Waals surface area contributed by atoms with Gasteiger partial charge in [-0.05, 0) is 84.0 Å². The first-order chi connectivity index (χ1) is 30.7. The Morgan fingerprint density at radius 2 is 0.645 bits per heavy atom.